The van der Waals surface area contributed by atoms with Gasteiger partial charge in [0, 0.05) is 18.1 Å². The van der Waals surface area contributed by atoms with Gasteiger partial charge in [0.2, 0.25) is 0 Å². The van der Waals surface area contributed by atoms with Gasteiger partial charge in [0.15, 0.2) is 0 Å². The molecule has 0 saturated heterocycles. The molecule has 1 aromatic carbocycles. The molecule has 0 radical (unpaired) electrons. The van der Waals surface area contributed by atoms with Crippen LogP contribution in [-0.4, -0.2) is 26.1 Å². The van der Waals surface area contributed by atoms with Crippen molar-refractivity contribution in [2.75, 3.05) is 5.32 Å². The van der Waals surface area contributed by atoms with Crippen LogP contribution in [0.2, 0.25) is 0 Å². The highest BCUT2D eigenvalue weighted by atomic mass is 16.2. The number of rotatable bonds is 3. The van der Waals surface area contributed by atoms with E-state index in [9.17, 15) is 9.59 Å². The Hall–Kier alpha value is -3.22. The Morgan fingerprint density at radius 2 is 1.95 bits per heavy atom. The van der Waals surface area contributed by atoms with Gasteiger partial charge < -0.3 is 10.3 Å². The number of hydrogen-bond acceptors (Lipinski definition) is 4. The Morgan fingerprint density at radius 1 is 1.14 bits per heavy atom. The van der Waals surface area contributed by atoms with E-state index in [1.54, 1.807) is 18.3 Å². The number of hydrogen-bond donors (Lipinski definition) is 3. The van der Waals surface area contributed by atoms with Crippen LogP contribution in [0.25, 0.3) is 11.3 Å². The van der Waals surface area contributed by atoms with Crippen molar-refractivity contribution in [1.82, 2.24) is 20.2 Å². The van der Waals surface area contributed by atoms with Crippen molar-refractivity contribution in [2.45, 2.75) is 0 Å². The highest BCUT2D eigenvalue weighted by molar-refractivity contribution is 6.02. The summed E-state index contributed by atoms with van der Waals surface area (Å²) < 4.78 is 0. The number of amides is 1. The van der Waals surface area contributed by atoms with Crippen LogP contribution in [0.5, 0.6) is 0 Å². The molecule has 0 unspecified atom stereocenters. The van der Waals surface area contributed by atoms with E-state index in [4.69, 9.17) is 0 Å². The number of carbonyl (C=O) groups is 1. The number of carbonyl (C=O) groups excluding carboxylic acids is 1. The molecule has 0 saturated carbocycles. The van der Waals surface area contributed by atoms with Gasteiger partial charge in [-0.1, -0.05) is 12.1 Å². The highest BCUT2D eigenvalue weighted by Crippen LogP contribution is 2.19. The molecule has 7 heteroatoms. The van der Waals surface area contributed by atoms with Crippen molar-refractivity contribution in [3.05, 3.63) is 65.0 Å². The van der Waals surface area contributed by atoms with Crippen molar-refractivity contribution in [2.24, 2.45) is 0 Å². The van der Waals surface area contributed by atoms with Crippen LogP contribution in [0.15, 0.2) is 53.7 Å². The first-order valence-corrected chi connectivity index (χ1v) is 6.18. The summed E-state index contributed by atoms with van der Waals surface area (Å²) in [5, 5.41) is 9.45. The first-order valence-electron chi connectivity index (χ1n) is 6.18. The minimum absolute atomic E-state index is 0.146. The molecule has 3 rings (SSSR count). The molecule has 3 aromatic rings. The quantitative estimate of drug-likeness (QED) is 0.675. The second-order valence-electron chi connectivity index (χ2n) is 4.30. The maximum absolute atomic E-state index is 11.9. The molecule has 0 atom stereocenters. The van der Waals surface area contributed by atoms with Gasteiger partial charge in [0.05, 0.1) is 11.9 Å². The van der Waals surface area contributed by atoms with Crippen LogP contribution in [0.3, 0.4) is 0 Å². The van der Waals surface area contributed by atoms with Crippen molar-refractivity contribution in [1.29, 1.82) is 0 Å². The molecule has 0 spiro atoms. The number of nitrogens with zero attached hydrogens (tertiary/aromatic N) is 2. The zero-order valence-corrected chi connectivity index (χ0v) is 10.8. The normalized spacial score (nSPS) is 10.3. The lowest BCUT2D eigenvalue weighted by Crippen LogP contribution is -2.16. The molecule has 2 heterocycles. The molecule has 0 aliphatic carbocycles. The summed E-state index contributed by atoms with van der Waals surface area (Å²) in [7, 11) is 0. The highest BCUT2D eigenvalue weighted by Gasteiger charge is 2.07. The molecule has 2 aromatic heterocycles. The summed E-state index contributed by atoms with van der Waals surface area (Å²) in [5.41, 5.74) is 2.29. The van der Waals surface area contributed by atoms with Crippen molar-refractivity contribution < 1.29 is 4.79 Å². The van der Waals surface area contributed by atoms with Gasteiger partial charge in [-0.25, -0.2) is 4.98 Å². The summed E-state index contributed by atoms with van der Waals surface area (Å²) in [6.45, 7) is 0. The first-order chi connectivity index (χ1) is 10.2. The molecule has 0 fully saturated rings. The maximum Gasteiger partial charge on any atom is 0.275 e. The van der Waals surface area contributed by atoms with Crippen LogP contribution < -0.4 is 10.9 Å². The molecule has 104 valence electrons. The van der Waals surface area contributed by atoms with E-state index in [-0.39, 0.29) is 17.2 Å². The molecule has 0 aliphatic heterocycles. The summed E-state index contributed by atoms with van der Waals surface area (Å²) in [6, 6.07) is 9.14. The van der Waals surface area contributed by atoms with E-state index in [1.807, 2.05) is 18.2 Å². The summed E-state index contributed by atoms with van der Waals surface area (Å²) in [4.78, 5) is 29.0. The van der Waals surface area contributed by atoms with Gasteiger partial charge in [0.1, 0.15) is 5.69 Å². The smallest absolute Gasteiger partial charge is 0.275 e. The molecular weight excluding hydrogens is 270 g/mol. The average molecular weight is 281 g/mol. The SMILES string of the molecule is O=C(Nc1ccc(-c2ccn[nH]2)cc1)c1c[nH]c(=O)cn1. The number of nitrogens with one attached hydrogen (secondary N) is 3. The van der Waals surface area contributed by atoms with Gasteiger partial charge in [0.25, 0.3) is 11.5 Å². The Bertz CT molecular complexity index is 786. The second-order valence-corrected chi connectivity index (χ2v) is 4.30. The van der Waals surface area contributed by atoms with E-state index in [0.29, 0.717) is 5.69 Å². The third kappa shape index (κ3) is 2.86. The maximum atomic E-state index is 11.9. The Kier molecular flexibility index (Phi) is 3.30. The summed E-state index contributed by atoms with van der Waals surface area (Å²) in [5.74, 6) is -0.388. The molecule has 0 aliphatic rings. The fraction of sp³-hybridized carbons (Fsp3) is 0. The predicted molar refractivity (Wildman–Crippen MR) is 76.8 cm³/mol. The molecule has 21 heavy (non-hydrogen) atoms. The van der Waals surface area contributed by atoms with E-state index in [2.05, 4.69) is 25.5 Å². The van der Waals surface area contributed by atoms with E-state index in [0.717, 1.165) is 17.5 Å². The monoisotopic (exact) mass is 281 g/mol. The predicted octanol–water partition coefficient (Wildman–Crippen LogP) is 1.41. The second kappa shape index (κ2) is 5.41. The summed E-state index contributed by atoms with van der Waals surface area (Å²) in [6.07, 6.45) is 4.01. The van der Waals surface area contributed by atoms with Gasteiger partial charge >= 0.3 is 0 Å². The van der Waals surface area contributed by atoms with Gasteiger partial charge in [-0.2, -0.15) is 5.10 Å². The molecule has 1 amide bonds. The number of H-pyrrole nitrogens is 2. The van der Waals surface area contributed by atoms with Gasteiger partial charge in [-0.05, 0) is 23.8 Å². The number of benzene rings is 1. The van der Waals surface area contributed by atoms with E-state index in [1.165, 1.54) is 6.20 Å². The lowest BCUT2D eigenvalue weighted by atomic mass is 10.1. The third-order valence-corrected chi connectivity index (χ3v) is 2.86. The fourth-order valence-electron chi connectivity index (χ4n) is 1.81. The summed E-state index contributed by atoms with van der Waals surface area (Å²) >= 11 is 0. The zero-order chi connectivity index (χ0) is 14.7. The van der Waals surface area contributed by atoms with Gasteiger partial charge in [-0.3, -0.25) is 14.7 Å². The Morgan fingerprint density at radius 3 is 2.57 bits per heavy atom. The van der Waals surface area contributed by atoms with Crippen molar-refractivity contribution in [3.8, 4) is 11.3 Å². The number of aromatic amines is 2. The van der Waals surface area contributed by atoms with Crippen LogP contribution >= 0.6 is 0 Å². The van der Waals surface area contributed by atoms with Gasteiger partial charge in [-0.15, -0.1) is 0 Å². The standard InChI is InChI=1S/C14H11N5O2/c20-13-8-15-12(7-16-13)14(21)18-10-3-1-9(2-4-10)11-5-6-17-19-11/h1-8H,(H,16,20)(H,17,19)(H,18,21). The van der Waals surface area contributed by atoms with Crippen LogP contribution in [0.1, 0.15) is 10.5 Å². The van der Waals surface area contributed by atoms with Crippen molar-refractivity contribution in [3.63, 3.8) is 0 Å². The molecule has 3 N–H and O–H groups in total. The minimum Gasteiger partial charge on any atom is -0.325 e. The fourth-order valence-corrected chi connectivity index (χ4v) is 1.81. The minimum atomic E-state index is -0.388. The number of aromatic nitrogens is 4. The lowest BCUT2D eigenvalue weighted by Gasteiger charge is -2.05. The number of anilines is 1. The lowest BCUT2D eigenvalue weighted by molar-refractivity contribution is 0.102. The van der Waals surface area contributed by atoms with E-state index >= 15 is 0 Å². The van der Waals surface area contributed by atoms with E-state index < -0.39 is 0 Å². The Labute approximate surface area is 119 Å². The average Bonchev–Trinajstić information content (AvgIpc) is 3.03. The topological polar surface area (TPSA) is 104 Å². The molecule has 7 nitrogen and oxygen atoms in total. The van der Waals surface area contributed by atoms with Crippen LogP contribution in [-0.2, 0) is 0 Å². The zero-order valence-electron chi connectivity index (χ0n) is 10.8. The van der Waals surface area contributed by atoms with Crippen LogP contribution in [0, 0.1) is 0 Å². The van der Waals surface area contributed by atoms with Crippen LogP contribution in [0.4, 0.5) is 5.69 Å². The molecular formula is C14H11N5O2. The third-order valence-electron chi connectivity index (χ3n) is 2.86. The van der Waals surface area contributed by atoms with Crippen molar-refractivity contribution >= 4 is 11.6 Å². The first kappa shape index (κ1) is 12.8. The Balaban J connectivity index is 1.74. The largest absolute Gasteiger partial charge is 0.325 e. The molecule has 0 bridgehead atoms.